The Balaban J connectivity index is 1.88. The van der Waals surface area contributed by atoms with Crippen molar-refractivity contribution in [2.24, 2.45) is 5.16 Å². The lowest BCUT2D eigenvalue weighted by atomic mass is 10.2. The standard InChI is InChI=1S/C13H12N4O5/c1-21-12-4-2-3-10(5-12)6-15-22-13(18)9-16-8-11(7-14-16)17(19)20/h2-8H,9H2,1H3/b15-6+. The number of oxime groups is 1. The molecule has 0 saturated heterocycles. The summed E-state index contributed by atoms with van der Waals surface area (Å²) in [6.07, 6.45) is 3.53. The average molecular weight is 304 g/mol. The highest BCUT2D eigenvalue weighted by Crippen LogP contribution is 2.11. The van der Waals surface area contributed by atoms with Gasteiger partial charge in [0.1, 0.15) is 24.7 Å². The van der Waals surface area contributed by atoms with E-state index in [0.717, 1.165) is 17.1 Å². The molecule has 0 bridgehead atoms. The van der Waals surface area contributed by atoms with Gasteiger partial charge in [-0.1, -0.05) is 17.3 Å². The largest absolute Gasteiger partial charge is 0.497 e. The van der Waals surface area contributed by atoms with Crippen molar-refractivity contribution >= 4 is 17.9 Å². The Labute approximate surface area is 124 Å². The molecule has 0 aliphatic rings. The molecule has 0 N–H and O–H groups in total. The third-order valence-electron chi connectivity index (χ3n) is 2.57. The highest BCUT2D eigenvalue weighted by atomic mass is 16.7. The van der Waals surface area contributed by atoms with E-state index < -0.39 is 10.9 Å². The molecule has 1 aromatic heterocycles. The molecule has 0 aliphatic carbocycles. The minimum atomic E-state index is -0.697. The van der Waals surface area contributed by atoms with Gasteiger partial charge in [0, 0.05) is 0 Å². The van der Waals surface area contributed by atoms with E-state index in [1.165, 1.54) is 6.21 Å². The first-order chi connectivity index (χ1) is 10.6. The smallest absolute Gasteiger partial charge is 0.356 e. The summed E-state index contributed by atoms with van der Waals surface area (Å²) < 4.78 is 6.15. The molecule has 0 atom stereocenters. The normalized spacial score (nSPS) is 10.6. The zero-order chi connectivity index (χ0) is 15.9. The number of carbonyl (C=O) groups excluding carboxylic acids is 1. The molecule has 0 unspecified atom stereocenters. The molecular weight excluding hydrogens is 292 g/mol. The van der Waals surface area contributed by atoms with Crippen LogP contribution in [0.3, 0.4) is 0 Å². The highest BCUT2D eigenvalue weighted by Gasteiger charge is 2.11. The zero-order valence-electron chi connectivity index (χ0n) is 11.6. The highest BCUT2D eigenvalue weighted by molar-refractivity contribution is 5.80. The van der Waals surface area contributed by atoms with Crippen LogP contribution in [0, 0.1) is 10.1 Å². The van der Waals surface area contributed by atoms with E-state index in [1.807, 2.05) is 0 Å². The average Bonchev–Trinajstić information content (AvgIpc) is 2.96. The third kappa shape index (κ3) is 4.13. The van der Waals surface area contributed by atoms with Gasteiger partial charge < -0.3 is 9.57 Å². The Morgan fingerprint density at radius 1 is 1.55 bits per heavy atom. The Bertz CT molecular complexity index is 710. The Morgan fingerprint density at radius 3 is 3.05 bits per heavy atom. The van der Waals surface area contributed by atoms with Crippen molar-refractivity contribution in [1.82, 2.24) is 9.78 Å². The number of carbonyl (C=O) groups is 1. The first kappa shape index (κ1) is 15.2. The van der Waals surface area contributed by atoms with Crippen LogP contribution in [0.5, 0.6) is 5.75 Å². The molecule has 0 saturated carbocycles. The molecule has 0 fully saturated rings. The first-order valence-corrected chi connectivity index (χ1v) is 6.12. The molecule has 0 amide bonds. The number of hydrogen-bond acceptors (Lipinski definition) is 7. The lowest BCUT2D eigenvalue weighted by molar-refractivity contribution is -0.385. The summed E-state index contributed by atoms with van der Waals surface area (Å²) >= 11 is 0. The number of rotatable bonds is 6. The van der Waals surface area contributed by atoms with Crippen LogP contribution in [0.25, 0.3) is 0 Å². The van der Waals surface area contributed by atoms with Crippen molar-refractivity contribution in [2.75, 3.05) is 7.11 Å². The molecule has 1 heterocycles. The predicted molar refractivity (Wildman–Crippen MR) is 75.6 cm³/mol. The predicted octanol–water partition coefficient (Wildman–Crippen LogP) is 1.38. The summed E-state index contributed by atoms with van der Waals surface area (Å²) in [6, 6.07) is 7.02. The summed E-state index contributed by atoms with van der Waals surface area (Å²) in [5.41, 5.74) is 0.495. The Kier molecular flexibility index (Phi) is 4.81. The van der Waals surface area contributed by atoms with Crippen LogP contribution >= 0.6 is 0 Å². The number of nitrogens with zero attached hydrogens (tertiary/aromatic N) is 4. The zero-order valence-corrected chi connectivity index (χ0v) is 11.6. The molecule has 0 radical (unpaired) electrons. The fourth-order valence-electron chi connectivity index (χ4n) is 1.56. The summed E-state index contributed by atoms with van der Waals surface area (Å²) in [7, 11) is 1.54. The monoisotopic (exact) mass is 304 g/mol. The van der Waals surface area contributed by atoms with Gasteiger partial charge in [-0.05, 0) is 17.7 Å². The summed E-state index contributed by atoms with van der Waals surface area (Å²) in [6.45, 7) is -0.275. The molecular formula is C13H12N4O5. The van der Waals surface area contributed by atoms with Gasteiger partial charge in [0.15, 0.2) is 0 Å². The maximum atomic E-state index is 11.5. The van der Waals surface area contributed by atoms with Gasteiger partial charge in [-0.25, -0.2) is 4.79 Å². The maximum absolute atomic E-state index is 11.5. The molecule has 1 aromatic carbocycles. The van der Waals surface area contributed by atoms with Gasteiger partial charge in [0.25, 0.3) is 0 Å². The number of nitro groups is 1. The fourth-order valence-corrected chi connectivity index (χ4v) is 1.56. The minimum absolute atomic E-state index is 0.201. The van der Waals surface area contributed by atoms with Crippen molar-refractivity contribution in [3.05, 3.63) is 52.3 Å². The van der Waals surface area contributed by atoms with Gasteiger partial charge in [-0.3, -0.25) is 14.8 Å². The van der Waals surface area contributed by atoms with Crippen molar-refractivity contribution in [3.63, 3.8) is 0 Å². The van der Waals surface area contributed by atoms with E-state index in [2.05, 4.69) is 15.1 Å². The van der Waals surface area contributed by atoms with Crippen LogP contribution in [0.15, 0.2) is 41.8 Å². The number of benzene rings is 1. The van der Waals surface area contributed by atoms with Gasteiger partial charge in [0.2, 0.25) is 0 Å². The van der Waals surface area contributed by atoms with Crippen LogP contribution in [-0.4, -0.2) is 34.0 Å². The van der Waals surface area contributed by atoms with Crippen LogP contribution in [-0.2, 0) is 16.2 Å². The van der Waals surface area contributed by atoms with Gasteiger partial charge in [-0.2, -0.15) is 5.10 Å². The molecule has 2 rings (SSSR count). The summed E-state index contributed by atoms with van der Waals surface area (Å²) in [4.78, 5) is 26.0. The molecule has 114 valence electrons. The number of hydrogen-bond donors (Lipinski definition) is 0. The quantitative estimate of drug-likeness (QED) is 0.345. The molecule has 0 aliphatic heterocycles. The van der Waals surface area contributed by atoms with E-state index in [4.69, 9.17) is 4.74 Å². The molecule has 9 nitrogen and oxygen atoms in total. The third-order valence-corrected chi connectivity index (χ3v) is 2.57. The number of ether oxygens (including phenoxy) is 1. The van der Waals surface area contributed by atoms with Gasteiger partial charge >= 0.3 is 11.7 Å². The van der Waals surface area contributed by atoms with Crippen LogP contribution < -0.4 is 4.74 Å². The topological polar surface area (TPSA) is 109 Å². The number of methoxy groups -OCH3 is 1. The van der Waals surface area contributed by atoms with E-state index in [0.29, 0.717) is 11.3 Å². The van der Waals surface area contributed by atoms with E-state index >= 15 is 0 Å². The van der Waals surface area contributed by atoms with Gasteiger partial charge in [0.05, 0.1) is 18.2 Å². The molecule has 0 spiro atoms. The first-order valence-electron chi connectivity index (χ1n) is 6.12. The van der Waals surface area contributed by atoms with E-state index in [1.54, 1.807) is 31.4 Å². The van der Waals surface area contributed by atoms with Crippen LogP contribution in [0.4, 0.5) is 5.69 Å². The van der Waals surface area contributed by atoms with E-state index in [9.17, 15) is 14.9 Å². The van der Waals surface area contributed by atoms with Crippen molar-refractivity contribution in [1.29, 1.82) is 0 Å². The molecule has 22 heavy (non-hydrogen) atoms. The summed E-state index contributed by atoms with van der Waals surface area (Å²) in [5.74, 6) is -0.0451. The minimum Gasteiger partial charge on any atom is -0.497 e. The van der Waals surface area contributed by atoms with Gasteiger partial charge in [-0.15, -0.1) is 0 Å². The SMILES string of the molecule is COc1cccc(/C=N/OC(=O)Cn2cc([N+](=O)[O-])cn2)c1. The van der Waals surface area contributed by atoms with Crippen LogP contribution in [0.2, 0.25) is 0 Å². The van der Waals surface area contributed by atoms with Crippen LogP contribution in [0.1, 0.15) is 5.56 Å². The second kappa shape index (κ2) is 6.97. The molecule has 9 heteroatoms. The second-order valence-electron chi connectivity index (χ2n) is 4.13. The maximum Gasteiger partial charge on any atom is 0.356 e. The number of aromatic nitrogens is 2. The Morgan fingerprint density at radius 2 is 2.36 bits per heavy atom. The fraction of sp³-hybridized carbons (Fsp3) is 0.154. The van der Waals surface area contributed by atoms with Crippen molar-refractivity contribution in [2.45, 2.75) is 6.54 Å². The van der Waals surface area contributed by atoms with Crippen molar-refractivity contribution < 1.29 is 19.3 Å². The summed E-state index contributed by atoms with van der Waals surface area (Å²) in [5, 5.41) is 17.7. The van der Waals surface area contributed by atoms with E-state index in [-0.39, 0.29) is 12.2 Å². The second-order valence-corrected chi connectivity index (χ2v) is 4.13. The Hall–Kier alpha value is -3.23. The molecule has 2 aromatic rings. The lowest BCUT2D eigenvalue weighted by Gasteiger charge is -2.00. The van der Waals surface area contributed by atoms with Crippen molar-refractivity contribution in [3.8, 4) is 5.75 Å². The lowest BCUT2D eigenvalue weighted by Crippen LogP contribution is -2.11.